The van der Waals surface area contributed by atoms with Crippen LogP contribution in [0.25, 0.3) is 0 Å². The van der Waals surface area contributed by atoms with Crippen molar-refractivity contribution in [3.05, 3.63) is 29.8 Å². The van der Waals surface area contributed by atoms with E-state index in [0.29, 0.717) is 5.92 Å². The average molecular weight is 275 g/mol. The Balaban J connectivity index is 1.73. The summed E-state index contributed by atoms with van der Waals surface area (Å²) in [5.74, 6) is 0.576. The minimum Gasteiger partial charge on any atom is -0.338 e. The van der Waals surface area contributed by atoms with Crippen molar-refractivity contribution in [3.8, 4) is 0 Å². The molecular formula is C16H25N3O. The minimum atomic E-state index is -0.109. The molecule has 2 amide bonds. The van der Waals surface area contributed by atoms with E-state index in [1.165, 1.54) is 24.9 Å². The first-order chi connectivity index (χ1) is 9.67. The number of urea groups is 1. The van der Waals surface area contributed by atoms with E-state index in [4.69, 9.17) is 0 Å². The highest BCUT2D eigenvalue weighted by Crippen LogP contribution is 2.15. The Morgan fingerprint density at radius 1 is 1.35 bits per heavy atom. The van der Waals surface area contributed by atoms with E-state index < -0.39 is 0 Å². The molecule has 0 aliphatic carbocycles. The van der Waals surface area contributed by atoms with Gasteiger partial charge in [-0.05, 0) is 50.9 Å². The van der Waals surface area contributed by atoms with Gasteiger partial charge in [-0.3, -0.25) is 0 Å². The number of rotatable bonds is 4. The Hall–Kier alpha value is -1.55. The van der Waals surface area contributed by atoms with Crippen LogP contribution < -0.4 is 10.6 Å². The Labute approximate surface area is 121 Å². The van der Waals surface area contributed by atoms with E-state index in [2.05, 4.69) is 22.5 Å². The Morgan fingerprint density at radius 3 is 2.80 bits per heavy atom. The monoisotopic (exact) mass is 275 g/mol. The van der Waals surface area contributed by atoms with Crippen LogP contribution in [0.15, 0.2) is 24.3 Å². The quantitative estimate of drug-likeness (QED) is 0.887. The summed E-state index contributed by atoms with van der Waals surface area (Å²) in [6.07, 6.45) is 2.45. The molecule has 1 heterocycles. The summed E-state index contributed by atoms with van der Waals surface area (Å²) in [7, 11) is 0. The second-order valence-corrected chi connectivity index (χ2v) is 5.60. The zero-order valence-corrected chi connectivity index (χ0v) is 12.5. The van der Waals surface area contributed by atoms with Crippen molar-refractivity contribution < 1.29 is 4.79 Å². The Kier molecular flexibility index (Phi) is 5.41. The zero-order valence-electron chi connectivity index (χ0n) is 12.5. The van der Waals surface area contributed by atoms with Gasteiger partial charge in [-0.1, -0.05) is 24.6 Å². The van der Waals surface area contributed by atoms with Gasteiger partial charge in [0, 0.05) is 18.8 Å². The van der Waals surface area contributed by atoms with E-state index in [1.807, 2.05) is 31.2 Å². The lowest BCUT2D eigenvalue weighted by Crippen LogP contribution is -2.41. The Bertz CT molecular complexity index is 430. The number of hydrogen-bond donors (Lipinski definition) is 2. The van der Waals surface area contributed by atoms with Crippen LogP contribution in [-0.4, -0.2) is 37.1 Å². The summed E-state index contributed by atoms with van der Waals surface area (Å²) >= 11 is 0. The topological polar surface area (TPSA) is 44.4 Å². The minimum absolute atomic E-state index is 0.109. The van der Waals surface area contributed by atoms with E-state index >= 15 is 0 Å². The first-order valence-corrected chi connectivity index (χ1v) is 7.51. The normalized spacial score (nSPS) is 19.6. The van der Waals surface area contributed by atoms with E-state index in [-0.39, 0.29) is 6.03 Å². The number of aryl methyl sites for hydroxylation is 1. The summed E-state index contributed by atoms with van der Waals surface area (Å²) in [5.41, 5.74) is 2.03. The van der Waals surface area contributed by atoms with Crippen LogP contribution in [0.2, 0.25) is 0 Å². The van der Waals surface area contributed by atoms with Crippen molar-refractivity contribution in [2.75, 3.05) is 31.5 Å². The molecule has 1 aliphatic heterocycles. The van der Waals surface area contributed by atoms with Gasteiger partial charge in [0.25, 0.3) is 0 Å². The van der Waals surface area contributed by atoms with Crippen LogP contribution >= 0.6 is 0 Å². The number of amides is 2. The van der Waals surface area contributed by atoms with E-state index in [0.717, 1.165) is 25.3 Å². The van der Waals surface area contributed by atoms with Crippen molar-refractivity contribution in [1.82, 2.24) is 10.2 Å². The van der Waals surface area contributed by atoms with Crippen LogP contribution in [0.5, 0.6) is 0 Å². The molecule has 1 aromatic carbocycles. The molecule has 2 rings (SSSR count). The van der Waals surface area contributed by atoms with Gasteiger partial charge in [-0.25, -0.2) is 4.79 Å². The molecule has 0 aromatic heterocycles. The number of nitrogens with zero attached hydrogens (tertiary/aromatic N) is 1. The summed E-state index contributed by atoms with van der Waals surface area (Å²) in [6.45, 7) is 8.39. The highest BCUT2D eigenvalue weighted by Gasteiger charge is 2.18. The molecule has 1 saturated heterocycles. The molecule has 20 heavy (non-hydrogen) atoms. The number of benzene rings is 1. The molecule has 0 spiro atoms. The molecule has 1 atom stereocenters. The third kappa shape index (κ3) is 4.53. The smallest absolute Gasteiger partial charge is 0.319 e. The average Bonchev–Trinajstić information content (AvgIpc) is 2.48. The number of hydrogen-bond acceptors (Lipinski definition) is 2. The number of anilines is 1. The summed E-state index contributed by atoms with van der Waals surface area (Å²) < 4.78 is 0. The van der Waals surface area contributed by atoms with Crippen LogP contribution in [-0.2, 0) is 0 Å². The Morgan fingerprint density at radius 2 is 2.10 bits per heavy atom. The van der Waals surface area contributed by atoms with Gasteiger partial charge in [0.1, 0.15) is 0 Å². The molecule has 1 fully saturated rings. The highest BCUT2D eigenvalue weighted by atomic mass is 16.2. The summed E-state index contributed by atoms with van der Waals surface area (Å²) in [4.78, 5) is 14.3. The molecule has 110 valence electrons. The second kappa shape index (κ2) is 7.29. The van der Waals surface area contributed by atoms with E-state index in [1.54, 1.807) is 0 Å². The zero-order chi connectivity index (χ0) is 14.4. The number of piperidine rings is 1. The van der Waals surface area contributed by atoms with Crippen molar-refractivity contribution in [3.63, 3.8) is 0 Å². The molecule has 4 heteroatoms. The number of carbonyl (C=O) groups is 1. The van der Waals surface area contributed by atoms with Gasteiger partial charge in [-0.15, -0.1) is 0 Å². The van der Waals surface area contributed by atoms with Crippen molar-refractivity contribution in [1.29, 1.82) is 0 Å². The van der Waals surface area contributed by atoms with Crippen molar-refractivity contribution >= 4 is 11.7 Å². The van der Waals surface area contributed by atoms with Gasteiger partial charge < -0.3 is 15.5 Å². The standard InChI is InChI=1S/C16H25N3O/c1-3-19-10-4-5-14(12-19)11-17-16(20)18-15-8-6-13(2)7-9-15/h6-9,14H,3-5,10-12H2,1-2H3,(H2,17,18,20). The molecule has 0 saturated carbocycles. The molecule has 1 aliphatic rings. The maximum Gasteiger partial charge on any atom is 0.319 e. The third-order valence-electron chi connectivity index (χ3n) is 3.91. The maximum atomic E-state index is 11.9. The molecule has 0 radical (unpaired) electrons. The first kappa shape index (κ1) is 14.9. The lowest BCUT2D eigenvalue weighted by molar-refractivity contribution is 0.180. The maximum absolute atomic E-state index is 11.9. The van der Waals surface area contributed by atoms with Gasteiger partial charge in [-0.2, -0.15) is 0 Å². The summed E-state index contributed by atoms with van der Waals surface area (Å²) in [6, 6.07) is 7.73. The van der Waals surface area contributed by atoms with Gasteiger partial charge in [0.15, 0.2) is 0 Å². The lowest BCUT2D eigenvalue weighted by atomic mass is 9.98. The van der Waals surface area contributed by atoms with Crippen LogP contribution in [0.1, 0.15) is 25.3 Å². The molecule has 1 unspecified atom stereocenters. The molecule has 1 aromatic rings. The molecule has 4 nitrogen and oxygen atoms in total. The van der Waals surface area contributed by atoms with Crippen molar-refractivity contribution in [2.24, 2.45) is 5.92 Å². The van der Waals surface area contributed by atoms with Gasteiger partial charge >= 0.3 is 6.03 Å². The van der Waals surface area contributed by atoms with Crippen LogP contribution in [0.4, 0.5) is 10.5 Å². The van der Waals surface area contributed by atoms with Gasteiger partial charge in [0.05, 0.1) is 0 Å². The molecule has 0 bridgehead atoms. The fraction of sp³-hybridized carbons (Fsp3) is 0.562. The fourth-order valence-electron chi connectivity index (χ4n) is 2.65. The third-order valence-corrected chi connectivity index (χ3v) is 3.91. The first-order valence-electron chi connectivity index (χ1n) is 7.51. The lowest BCUT2D eigenvalue weighted by Gasteiger charge is -2.31. The molecular weight excluding hydrogens is 250 g/mol. The van der Waals surface area contributed by atoms with Crippen LogP contribution in [0.3, 0.4) is 0 Å². The largest absolute Gasteiger partial charge is 0.338 e. The second-order valence-electron chi connectivity index (χ2n) is 5.60. The SMILES string of the molecule is CCN1CCCC(CNC(=O)Nc2ccc(C)cc2)C1. The number of carbonyl (C=O) groups excluding carboxylic acids is 1. The molecule has 2 N–H and O–H groups in total. The fourth-order valence-corrected chi connectivity index (χ4v) is 2.65. The number of likely N-dealkylation sites (tertiary alicyclic amines) is 1. The summed E-state index contributed by atoms with van der Waals surface area (Å²) in [5, 5.41) is 5.85. The van der Waals surface area contributed by atoms with Crippen molar-refractivity contribution in [2.45, 2.75) is 26.7 Å². The van der Waals surface area contributed by atoms with E-state index in [9.17, 15) is 4.79 Å². The van der Waals surface area contributed by atoms with Gasteiger partial charge in [0.2, 0.25) is 0 Å². The predicted octanol–water partition coefficient (Wildman–Crippen LogP) is 2.85. The predicted molar refractivity (Wildman–Crippen MR) is 83.0 cm³/mol. The highest BCUT2D eigenvalue weighted by molar-refractivity contribution is 5.89. The van der Waals surface area contributed by atoms with Crippen LogP contribution in [0, 0.1) is 12.8 Å². The number of nitrogens with one attached hydrogen (secondary N) is 2.